The summed E-state index contributed by atoms with van der Waals surface area (Å²) in [4.78, 5) is 31.0. The molecule has 0 saturated heterocycles. The third-order valence-corrected chi connectivity index (χ3v) is 8.47. The van der Waals surface area contributed by atoms with Crippen molar-refractivity contribution in [2.75, 3.05) is 5.43 Å². The van der Waals surface area contributed by atoms with Crippen LogP contribution in [-0.4, -0.2) is 32.0 Å². The molecule has 13 heteroatoms. The van der Waals surface area contributed by atoms with Crippen LogP contribution in [0.1, 0.15) is 32.1 Å². The van der Waals surface area contributed by atoms with E-state index in [0.29, 0.717) is 0 Å². The molecule has 202 valence electrons. The average molecular weight is 570 g/mol. The lowest BCUT2D eigenvalue weighted by Gasteiger charge is -2.17. The Morgan fingerprint density at radius 3 is 1.92 bits per heavy atom. The van der Waals surface area contributed by atoms with Crippen molar-refractivity contribution in [2.45, 2.75) is 47.9 Å². The standard InChI is InChI=1S/C26H23N3O8S2/c30-25-18-8-4-5-9-19(18)26(31)23-22(25)20(27-15-6-2-1-3-7-15)14-21(39(35,36)37)24(23)29-28-16-10-12-17(13-11-16)38(32,33)34/h4-5,8-15,28H,1-3,6-7H2,(H,32,33,34)(H,35,36,37). The molecule has 1 fully saturated rings. The molecule has 0 spiro atoms. The molecule has 0 heterocycles. The Morgan fingerprint density at radius 2 is 1.36 bits per heavy atom. The third-order valence-electron chi connectivity index (χ3n) is 6.74. The van der Waals surface area contributed by atoms with Crippen molar-refractivity contribution < 1.29 is 25.9 Å². The van der Waals surface area contributed by atoms with Gasteiger partial charge in [-0.25, -0.2) is 0 Å². The fourth-order valence-electron chi connectivity index (χ4n) is 4.87. The highest BCUT2D eigenvalue weighted by atomic mass is 32.2. The fraction of sp³-hybridized carbons (Fsp3) is 0.231. The van der Waals surface area contributed by atoms with Crippen molar-refractivity contribution in [2.24, 2.45) is 10.1 Å². The lowest BCUT2D eigenvalue weighted by Crippen LogP contribution is -2.34. The fourth-order valence-corrected chi connectivity index (χ4v) is 6.00. The first kappa shape index (κ1) is 26.8. The highest BCUT2D eigenvalue weighted by molar-refractivity contribution is 7.86. The van der Waals surface area contributed by atoms with Crippen molar-refractivity contribution >= 4 is 36.7 Å². The van der Waals surface area contributed by atoms with E-state index in [1.54, 1.807) is 12.1 Å². The Kier molecular flexibility index (Phi) is 6.93. The van der Waals surface area contributed by atoms with Gasteiger partial charge in [0.2, 0.25) is 0 Å². The van der Waals surface area contributed by atoms with Crippen LogP contribution in [0.15, 0.2) is 84.1 Å². The highest BCUT2D eigenvalue weighted by Gasteiger charge is 2.21. The van der Waals surface area contributed by atoms with Gasteiger partial charge in [0.05, 0.1) is 32.4 Å². The molecular formula is C26H23N3O8S2. The molecule has 0 aromatic heterocycles. The summed E-state index contributed by atoms with van der Waals surface area (Å²) in [6.45, 7) is 0. The minimum absolute atomic E-state index is 0.00571. The van der Waals surface area contributed by atoms with Gasteiger partial charge >= 0.3 is 0 Å². The Morgan fingerprint density at radius 1 is 0.769 bits per heavy atom. The quantitative estimate of drug-likeness (QED) is 0.239. The zero-order valence-electron chi connectivity index (χ0n) is 20.4. The molecule has 3 aliphatic rings. The average Bonchev–Trinajstić information content (AvgIpc) is 2.90. The second-order valence-electron chi connectivity index (χ2n) is 9.32. The normalized spacial score (nSPS) is 16.3. The maximum absolute atomic E-state index is 13.7. The number of nitrogens with zero attached hydrogens (tertiary/aromatic N) is 2. The number of rotatable bonds is 5. The van der Waals surface area contributed by atoms with Gasteiger partial charge in [0.25, 0.3) is 20.2 Å². The van der Waals surface area contributed by atoms with Gasteiger partial charge in [-0.05, 0) is 43.2 Å². The molecule has 0 aliphatic heterocycles. The largest absolute Gasteiger partial charge is 0.296 e. The topological polar surface area (TPSA) is 180 Å². The maximum Gasteiger partial charge on any atom is 0.296 e. The van der Waals surface area contributed by atoms with Gasteiger partial charge in [0, 0.05) is 10.8 Å². The molecular weight excluding hydrogens is 546 g/mol. The summed E-state index contributed by atoms with van der Waals surface area (Å²) in [6, 6.07) is 11.7. The number of hydrogen-bond acceptors (Lipinski definition) is 9. The number of fused-ring (bicyclic) bond motifs is 1. The van der Waals surface area contributed by atoms with Gasteiger partial charge < -0.3 is 0 Å². The predicted molar refractivity (Wildman–Crippen MR) is 142 cm³/mol. The third kappa shape index (κ3) is 5.26. The van der Waals surface area contributed by atoms with E-state index in [1.807, 2.05) is 0 Å². The number of hydrogen-bond donors (Lipinski definition) is 3. The first-order valence-corrected chi connectivity index (χ1v) is 15.0. The van der Waals surface area contributed by atoms with E-state index < -0.39 is 41.3 Å². The molecule has 3 aliphatic carbocycles. The summed E-state index contributed by atoms with van der Waals surface area (Å²) in [5.74, 6) is 0. The minimum Gasteiger partial charge on any atom is -0.288 e. The van der Waals surface area contributed by atoms with E-state index in [1.165, 1.54) is 24.3 Å². The summed E-state index contributed by atoms with van der Waals surface area (Å²) in [5, 5.41) is 3.38. The summed E-state index contributed by atoms with van der Waals surface area (Å²) in [5.41, 5.74) is 1.53. The van der Waals surface area contributed by atoms with Gasteiger partial charge in [-0.1, -0.05) is 43.5 Å². The second-order valence-corrected chi connectivity index (χ2v) is 12.1. The second kappa shape index (κ2) is 10.1. The Bertz CT molecular complexity index is 2110. The van der Waals surface area contributed by atoms with Crippen LogP contribution in [0.2, 0.25) is 0 Å². The van der Waals surface area contributed by atoms with Crippen molar-refractivity contribution in [3.63, 3.8) is 0 Å². The first-order chi connectivity index (χ1) is 18.4. The number of anilines is 1. The summed E-state index contributed by atoms with van der Waals surface area (Å²) < 4.78 is 67.0. The molecule has 2 aromatic carbocycles. The van der Waals surface area contributed by atoms with Crippen LogP contribution in [-0.2, 0) is 20.2 Å². The molecule has 5 rings (SSSR count). The molecule has 39 heavy (non-hydrogen) atoms. The lowest BCUT2D eigenvalue weighted by atomic mass is 9.96. The predicted octanol–water partition coefficient (Wildman–Crippen LogP) is 1.82. The van der Waals surface area contributed by atoms with Gasteiger partial charge in [0.1, 0.15) is 10.3 Å². The van der Waals surface area contributed by atoms with Gasteiger partial charge in [-0.3, -0.25) is 29.1 Å². The molecule has 11 nitrogen and oxygen atoms in total. The van der Waals surface area contributed by atoms with E-state index >= 15 is 0 Å². The monoisotopic (exact) mass is 569 g/mol. The van der Waals surface area contributed by atoms with Crippen molar-refractivity contribution in [3.05, 3.63) is 96.2 Å². The van der Waals surface area contributed by atoms with Crippen LogP contribution in [0.4, 0.5) is 5.69 Å². The molecule has 0 atom stereocenters. The molecule has 0 unspecified atom stereocenters. The zero-order chi connectivity index (χ0) is 27.9. The summed E-state index contributed by atoms with van der Waals surface area (Å²) in [7, 11) is -9.40. The van der Waals surface area contributed by atoms with E-state index in [4.69, 9.17) is 0 Å². The SMILES string of the molecule is O=c1c2c(=NC3CCCCC3)cc(S(=O)(=O)O)c(=NNc3ccc(S(=O)(=O)O)cc3)c=2c(=O)c2ccccc12. The smallest absolute Gasteiger partial charge is 0.288 e. The Labute approximate surface area is 222 Å². The highest BCUT2D eigenvalue weighted by Crippen LogP contribution is 2.20. The van der Waals surface area contributed by atoms with E-state index in [0.717, 1.165) is 50.3 Å². The molecule has 0 amide bonds. The van der Waals surface area contributed by atoms with E-state index in [2.05, 4.69) is 15.5 Å². The zero-order valence-corrected chi connectivity index (χ0v) is 22.0. The molecule has 1 saturated carbocycles. The molecule has 3 N–H and O–H groups in total. The van der Waals surface area contributed by atoms with E-state index in [9.17, 15) is 35.5 Å². The van der Waals surface area contributed by atoms with Crippen LogP contribution in [0, 0.1) is 10.4 Å². The Hall–Kier alpha value is -3.78. The van der Waals surface area contributed by atoms with Crippen LogP contribution < -0.4 is 27.0 Å². The van der Waals surface area contributed by atoms with Crippen molar-refractivity contribution in [3.8, 4) is 0 Å². The van der Waals surface area contributed by atoms with Crippen LogP contribution in [0.5, 0.6) is 0 Å². The van der Waals surface area contributed by atoms with Crippen LogP contribution in [0.25, 0.3) is 10.8 Å². The summed E-state index contributed by atoms with van der Waals surface area (Å²) >= 11 is 0. The molecule has 0 bridgehead atoms. The maximum atomic E-state index is 13.7. The van der Waals surface area contributed by atoms with Gasteiger partial charge in [-0.15, -0.1) is 0 Å². The van der Waals surface area contributed by atoms with Gasteiger partial charge in [0.15, 0.2) is 10.9 Å². The van der Waals surface area contributed by atoms with Gasteiger partial charge in [-0.2, -0.15) is 21.9 Å². The first-order valence-electron chi connectivity index (χ1n) is 12.1. The minimum atomic E-state index is -4.95. The number of benzene rings is 2. The Balaban J connectivity index is 1.90. The van der Waals surface area contributed by atoms with Crippen molar-refractivity contribution in [1.29, 1.82) is 0 Å². The van der Waals surface area contributed by atoms with Crippen molar-refractivity contribution in [1.82, 2.24) is 0 Å². The lowest BCUT2D eigenvalue weighted by molar-refractivity contribution is 0.437. The molecule has 0 radical (unpaired) electrons. The summed E-state index contributed by atoms with van der Waals surface area (Å²) in [6.07, 6.45) is 4.36. The van der Waals surface area contributed by atoms with Crippen LogP contribution >= 0.6 is 0 Å². The van der Waals surface area contributed by atoms with E-state index in [-0.39, 0.29) is 43.2 Å². The van der Waals surface area contributed by atoms with Crippen LogP contribution in [0.3, 0.4) is 0 Å². The molecule has 2 aromatic rings. The number of nitrogens with one attached hydrogen (secondary N) is 1.